The van der Waals surface area contributed by atoms with Gasteiger partial charge in [0, 0.05) is 25.5 Å². The SMILES string of the molecule is CC(C)(C)C(O)=CC(O)C(C)(C)C.[Ir]. The van der Waals surface area contributed by atoms with Gasteiger partial charge in [0.05, 0.1) is 11.9 Å². The van der Waals surface area contributed by atoms with E-state index in [1.165, 1.54) is 6.08 Å². The molecule has 14 heavy (non-hydrogen) atoms. The Bertz CT molecular complexity index is 196. The van der Waals surface area contributed by atoms with E-state index < -0.39 is 6.10 Å². The molecule has 1 radical (unpaired) electrons. The molecule has 87 valence electrons. The Labute approximate surface area is 101 Å². The van der Waals surface area contributed by atoms with Gasteiger partial charge in [-0.05, 0) is 11.5 Å². The maximum absolute atomic E-state index is 9.68. The van der Waals surface area contributed by atoms with Crippen LogP contribution in [0.15, 0.2) is 11.8 Å². The predicted molar refractivity (Wildman–Crippen MR) is 55.6 cm³/mol. The maximum atomic E-state index is 9.68. The molecule has 1 unspecified atom stereocenters. The van der Waals surface area contributed by atoms with Crippen molar-refractivity contribution in [3.8, 4) is 0 Å². The molecule has 0 heterocycles. The second kappa shape index (κ2) is 5.29. The van der Waals surface area contributed by atoms with E-state index in [1.54, 1.807) is 0 Å². The van der Waals surface area contributed by atoms with Gasteiger partial charge in [-0.25, -0.2) is 0 Å². The Morgan fingerprint density at radius 2 is 1.43 bits per heavy atom. The van der Waals surface area contributed by atoms with E-state index in [-0.39, 0.29) is 36.7 Å². The van der Waals surface area contributed by atoms with Gasteiger partial charge in [-0.2, -0.15) is 0 Å². The van der Waals surface area contributed by atoms with Crippen molar-refractivity contribution in [2.24, 2.45) is 10.8 Å². The molecule has 0 aromatic rings. The predicted octanol–water partition coefficient (Wildman–Crippen LogP) is 2.88. The molecular weight excluding hydrogens is 356 g/mol. The van der Waals surface area contributed by atoms with Crippen LogP contribution in [0.1, 0.15) is 41.5 Å². The molecule has 0 spiro atoms. The summed E-state index contributed by atoms with van der Waals surface area (Å²) in [7, 11) is 0. The summed E-state index contributed by atoms with van der Waals surface area (Å²) < 4.78 is 0. The van der Waals surface area contributed by atoms with Crippen molar-refractivity contribution in [2.75, 3.05) is 0 Å². The van der Waals surface area contributed by atoms with Crippen LogP contribution in [0.4, 0.5) is 0 Å². The number of hydrogen-bond donors (Lipinski definition) is 2. The van der Waals surface area contributed by atoms with Crippen LogP contribution in [0.3, 0.4) is 0 Å². The average Bonchev–Trinajstić information content (AvgIpc) is 1.82. The van der Waals surface area contributed by atoms with Crippen LogP contribution >= 0.6 is 0 Å². The van der Waals surface area contributed by atoms with Crippen molar-refractivity contribution in [2.45, 2.75) is 47.6 Å². The molecule has 1 atom stereocenters. The van der Waals surface area contributed by atoms with Gasteiger partial charge in [-0.3, -0.25) is 0 Å². The van der Waals surface area contributed by atoms with E-state index in [1.807, 2.05) is 41.5 Å². The normalized spacial score (nSPS) is 16.1. The summed E-state index contributed by atoms with van der Waals surface area (Å²) in [5, 5.41) is 19.3. The van der Waals surface area contributed by atoms with Crippen LogP contribution in [0, 0.1) is 10.8 Å². The van der Waals surface area contributed by atoms with E-state index in [2.05, 4.69) is 0 Å². The number of aliphatic hydroxyl groups is 2. The summed E-state index contributed by atoms with van der Waals surface area (Å²) in [6.45, 7) is 11.5. The largest absolute Gasteiger partial charge is 0.512 e. The van der Waals surface area contributed by atoms with Gasteiger partial charge in [0.2, 0.25) is 0 Å². The molecule has 3 heteroatoms. The molecule has 0 aliphatic heterocycles. The van der Waals surface area contributed by atoms with Crippen molar-refractivity contribution in [1.82, 2.24) is 0 Å². The Morgan fingerprint density at radius 1 is 1.07 bits per heavy atom. The van der Waals surface area contributed by atoms with Crippen molar-refractivity contribution in [3.63, 3.8) is 0 Å². The van der Waals surface area contributed by atoms with E-state index in [9.17, 15) is 10.2 Å². The van der Waals surface area contributed by atoms with Crippen LogP contribution in [0.2, 0.25) is 0 Å². The van der Waals surface area contributed by atoms with Crippen molar-refractivity contribution in [3.05, 3.63) is 11.8 Å². The zero-order chi connectivity index (χ0) is 10.9. The summed E-state index contributed by atoms with van der Waals surface area (Å²) in [5.41, 5.74) is -0.508. The Balaban J connectivity index is 0. The second-order valence-electron chi connectivity index (χ2n) is 5.61. The van der Waals surface area contributed by atoms with Gasteiger partial charge in [-0.1, -0.05) is 41.5 Å². The third-order valence-electron chi connectivity index (χ3n) is 1.97. The van der Waals surface area contributed by atoms with Crippen LogP contribution in [0.5, 0.6) is 0 Å². The van der Waals surface area contributed by atoms with E-state index in [4.69, 9.17) is 0 Å². The molecular formula is C11H22IrO2. The molecule has 0 saturated carbocycles. The summed E-state index contributed by atoms with van der Waals surface area (Å²) >= 11 is 0. The first-order valence-corrected chi connectivity index (χ1v) is 4.64. The Hall–Kier alpha value is 0.149. The first kappa shape index (κ1) is 16.6. The van der Waals surface area contributed by atoms with Gasteiger partial charge >= 0.3 is 0 Å². The van der Waals surface area contributed by atoms with Gasteiger partial charge in [0.15, 0.2) is 0 Å². The minimum Gasteiger partial charge on any atom is -0.512 e. The number of aliphatic hydroxyl groups excluding tert-OH is 2. The van der Waals surface area contributed by atoms with Crippen LogP contribution in [-0.2, 0) is 20.1 Å². The Morgan fingerprint density at radius 3 is 1.64 bits per heavy atom. The number of allylic oxidation sites excluding steroid dienone is 1. The molecule has 0 fully saturated rings. The van der Waals surface area contributed by atoms with Gasteiger partial charge < -0.3 is 10.2 Å². The quantitative estimate of drug-likeness (QED) is 0.689. The smallest absolute Gasteiger partial charge is 0.0961 e. The molecule has 2 N–H and O–H groups in total. The molecule has 0 aliphatic carbocycles. The van der Waals surface area contributed by atoms with E-state index >= 15 is 0 Å². The summed E-state index contributed by atoms with van der Waals surface area (Å²) in [4.78, 5) is 0. The molecule has 0 rings (SSSR count). The number of hydrogen-bond acceptors (Lipinski definition) is 2. The molecule has 0 aromatic carbocycles. The fraction of sp³-hybridized carbons (Fsp3) is 0.818. The van der Waals surface area contributed by atoms with E-state index in [0.717, 1.165) is 0 Å². The maximum Gasteiger partial charge on any atom is 0.0961 e. The molecule has 0 aromatic heterocycles. The molecule has 0 aliphatic rings. The van der Waals surface area contributed by atoms with E-state index in [0.29, 0.717) is 0 Å². The first-order valence-electron chi connectivity index (χ1n) is 4.64. The Kier molecular flexibility index (Phi) is 6.27. The average molecular weight is 379 g/mol. The van der Waals surface area contributed by atoms with Gasteiger partial charge in [0.1, 0.15) is 0 Å². The standard InChI is InChI=1S/C11H22O2.Ir/c1-10(2,3)8(12)7-9(13)11(4,5)6;/h7-8,12-13H,1-6H3;. The molecule has 0 bridgehead atoms. The third kappa shape index (κ3) is 5.79. The van der Waals surface area contributed by atoms with Gasteiger partial charge in [-0.15, -0.1) is 0 Å². The van der Waals surface area contributed by atoms with Crippen molar-refractivity contribution >= 4 is 0 Å². The summed E-state index contributed by atoms with van der Waals surface area (Å²) in [6.07, 6.45) is 0.923. The minimum atomic E-state index is -0.605. The summed E-state index contributed by atoms with van der Waals surface area (Å²) in [5.74, 6) is 0.245. The second-order valence-corrected chi connectivity index (χ2v) is 5.61. The van der Waals surface area contributed by atoms with Crippen LogP contribution in [-0.4, -0.2) is 16.3 Å². The topological polar surface area (TPSA) is 40.5 Å². The van der Waals surface area contributed by atoms with Gasteiger partial charge in [0.25, 0.3) is 0 Å². The minimum absolute atomic E-state index is 0. The fourth-order valence-electron chi connectivity index (χ4n) is 0.650. The number of rotatable bonds is 1. The first-order chi connectivity index (χ1) is 5.55. The third-order valence-corrected chi connectivity index (χ3v) is 1.97. The zero-order valence-corrected chi connectivity index (χ0v) is 12.3. The molecule has 2 nitrogen and oxygen atoms in total. The fourth-order valence-corrected chi connectivity index (χ4v) is 0.650. The zero-order valence-electron chi connectivity index (χ0n) is 9.88. The van der Waals surface area contributed by atoms with Crippen molar-refractivity contribution < 1.29 is 30.3 Å². The van der Waals surface area contributed by atoms with Crippen molar-refractivity contribution in [1.29, 1.82) is 0 Å². The summed E-state index contributed by atoms with van der Waals surface area (Å²) in [6, 6.07) is 0. The van der Waals surface area contributed by atoms with Crippen LogP contribution < -0.4 is 0 Å². The molecule has 0 saturated heterocycles. The molecule has 0 amide bonds. The van der Waals surface area contributed by atoms with Crippen LogP contribution in [0.25, 0.3) is 0 Å². The monoisotopic (exact) mass is 379 g/mol.